The number of carbonyl (C=O) groups excluding carboxylic acids is 2. The number of benzene rings is 2. The Morgan fingerprint density at radius 3 is 2.37 bits per heavy atom. The SMILES string of the molecule is CCC[C@@H](NC(=O)COC(=O)CCc1ccc(OC)cc1)c1ccccc1. The highest BCUT2D eigenvalue weighted by Gasteiger charge is 2.15. The van der Waals surface area contributed by atoms with E-state index in [-0.39, 0.29) is 30.9 Å². The maximum atomic E-state index is 12.1. The zero-order chi connectivity index (χ0) is 19.5. The second-order valence-corrected chi connectivity index (χ2v) is 6.33. The lowest BCUT2D eigenvalue weighted by Gasteiger charge is -2.18. The van der Waals surface area contributed by atoms with E-state index in [0.29, 0.717) is 6.42 Å². The van der Waals surface area contributed by atoms with Crippen LogP contribution >= 0.6 is 0 Å². The average Bonchev–Trinajstić information content (AvgIpc) is 2.71. The van der Waals surface area contributed by atoms with Crippen molar-refractivity contribution in [3.63, 3.8) is 0 Å². The van der Waals surface area contributed by atoms with Crippen LogP contribution in [0.4, 0.5) is 0 Å². The molecule has 0 bridgehead atoms. The number of aryl methyl sites for hydroxylation is 1. The molecule has 1 atom stereocenters. The van der Waals surface area contributed by atoms with E-state index in [9.17, 15) is 9.59 Å². The summed E-state index contributed by atoms with van der Waals surface area (Å²) in [6.07, 6.45) is 2.58. The van der Waals surface area contributed by atoms with Gasteiger partial charge in [-0.05, 0) is 36.1 Å². The van der Waals surface area contributed by atoms with Gasteiger partial charge in [-0.25, -0.2) is 0 Å². The van der Waals surface area contributed by atoms with E-state index in [1.165, 1.54) is 0 Å². The summed E-state index contributed by atoms with van der Waals surface area (Å²) in [4.78, 5) is 24.0. The summed E-state index contributed by atoms with van der Waals surface area (Å²) in [6, 6.07) is 17.3. The highest BCUT2D eigenvalue weighted by atomic mass is 16.5. The molecule has 0 aliphatic heterocycles. The Morgan fingerprint density at radius 1 is 1.04 bits per heavy atom. The third-order valence-corrected chi connectivity index (χ3v) is 4.26. The molecule has 0 saturated carbocycles. The quantitative estimate of drug-likeness (QED) is 0.647. The van der Waals surface area contributed by atoms with Gasteiger partial charge in [0.05, 0.1) is 13.2 Å². The molecule has 2 rings (SSSR count). The number of hydrogen-bond donors (Lipinski definition) is 1. The Balaban J connectivity index is 1.75. The first kappa shape index (κ1) is 20.5. The molecular formula is C22H27NO4. The van der Waals surface area contributed by atoms with Crippen molar-refractivity contribution < 1.29 is 19.1 Å². The highest BCUT2D eigenvalue weighted by Crippen LogP contribution is 2.18. The minimum Gasteiger partial charge on any atom is -0.497 e. The fraction of sp³-hybridized carbons (Fsp3) is 0.364. The first-order valence-corrected chi connectivity index (χ1v) is 9.25. The van der Waals surface area contributed by atoms with Crippen molar-refractivity contribution in [2.24, 2.45) is 0 Å². The van der Waals surface area contributed by atoms with Crippen LogP contribution < -0.4 is 10.1 Å². The lowest BCUT2D eigenvalue weighted by atomic mass is 10.0. The van der Waals surface area contributed by atoms with Gasteiger partial charge in [0.15, 0.2) is 6.61 Å². The molecule has 0 spiro atoms. The van der Waals surface area contributed by atoms with Gasteiger partial charge in [0.1, 0.15) is 5.75 Å². The molecule has 0 fully saturated rings. The molecular weight excluding hydrogens is 342 g/mol. The van der Waals surface area contributed by atoms with E-state index >= 15 is 0 Å². The molecule has 0 aromatic heterocycles. The van der Waals surface area contributed by atoms with Crippen molar-refractivity contribution in [1.82, 2.24) is 5.32 Å². The van der Waals surface area contributed by atoms with Crippen LogP contribution in [0.15, 0.2) is 54.6 Å². The fourth-order valence-electron chi connectivity index (χ4n) is 2.79. The first-order chi connectivity index (χ1) is 13.1. The molecule has 27 heavy (non-hydrogen) atoms. The Labute approximate surface area is 160 Å². The minimum absolute atomic E-state index is 0.0679. The van der Waals surface area contributed by atoms with Gasteiger partial charge in [0.25, 0.3) is 5.91 Å². The summed E-state index contributed by atoms with van der Waals surface area (Å²) < 4.78 is 10.2. The fourth-order valence-corrected chi connectivity index (χ4v) is 2.79. The van der Waals surface area contributed by atoms with Crippen LogP contribution in [0.3, 0.4) is 0 Å². The van der Waals surface area contributed by atoms with E-state index in [4.69, 9.17) is 9.47 Å². The van der Waals surface area contributed by atoms with Crippen LogP contribution in [-0.2, 0) is 20.7 Å². The number of rotatable bonds is 10. The van der Waals surface area contributed by atoms with E-state index in [2.05, 4.69) is 12.2 Å². The molecule has 144 valence electrons. The second kappa shape index (κ2) is 11.0. The average molecular weight is 369 g/mol. The molecule has 0 aliphatic carbocycles. The Kier molecular flexibility index (Phi) is 8.36. The number of amides is 1. The van der Waals surface area contributed by atoms with Crippen LogP contribution in [0, 0.1) is 0 Å². The van der Waals surface area contributed by atoms with Crippen LogP contribution in [0.1, 0.15) is 43.4 Å². The van der Waals surface area contributed by atoms with Crippen molar-refractivity contribution in [2.75, 3.05) is 13.7 Å². The van der Waals surface area contributed by atoms with Gasteiger partial charge < -0.3 is 14.8 Å². The van der Waals surface area contributed by atoms with E-state index in [1.54, 1.807) is 7.11 Å². The molecule has 5 nitrogen and oxygen atoms in total. The van der Waals surface area contributed by atoms with Crippen LogP contribution in [0.5, 0.6) is 5.75 Å². The third-order valence-electron chi connectivity index (χ3n) is 4.26. The molecule has 1 N–H and O–H groups in total. The molecule has 0 unspecified atom stereocenters. The van der Waals surface area contributed by atoms with Gasteiger partial charge in [-0.3, -0.25) is 9.59 Å². The third kappa shape index (κ3) is 7.13. The van der Waals surface area contributed by atoms with E-state index in [1.807, 2.05) is 54.6 Å². The molecule has 0 saturated heterocycles. The van der Waals surface area contributed by atoms with Crippen LogP contribution in [0.2, 0.25) is 0 Å². The lowest BCUT2D eigenvalue weighted by Crippen LogP contribution is -2.32. The molecule has 1 amide bonds. The zero-order valence-corrected chi connectivity index (χ0v) is 15.9. The van der Waals surface area contributed by atoms with Crippen molar-refractivity contribution in [3.05, 3.63) is 65.7 Å². The van der Waals surface area contributed by atoms with Crippen LogP contribution in [0.25, 0.3) is 0 Å². The molecule has 0 heterocycles. The number of hydrogen-bond acceptors (Lipinski definition) is 4. The van der Waals surface area contributed by atoms with Crippen molar-refractivity contribution in [3.8, 4) is 5.75 Å². The predicted octanol–water partition coefficient (Wildman–Crippen LogP) is 3.83. The molecule has 5 heteroatoms. The molecule has 0 radical (unpaired) electrons. The molecule has 2 aromatic rings. The van der Waals surface area contributed by atoms with Gasteiger partial charge in [-0.15, -0.1) is 0 Å². The van der Waals surface area contributed by atoms with Gasteiger partial charge in [-0.2, -0.15) is 0 Å². The van der Waals surface area contributed by atoms with Crippen LogP contribution in [-0.4, -0.2) is 25.6 Å². The summed E-state index contributed by atoms with van der Waals surface area (Å²) in [6.45, 7) is 1.82. The molecule has 2 aromatic carbocycles. The topological polar surface area (TPSA) is 64.6 Å². The summed E-state index contributed by atoms with van der Waals surface area (Å²) >= 11 is 0. The maximum Gasteiger partial charge on any atom is 0.306 e. The number of methoxy groups -OCH3 is 1. The van der Waals surface area contributed by atoms with E-state index < -0.39 is 0 Å². The molecule has 0 aliphatic rings. The Hall–Kier alpha value is -2.82. The second-order valence-electron chi connectivity index (χ2n) is 6.33. The van der Waals surface area contributed by atoms with Gasteiger partial charge in [0.2, 0.25) is 0 Å². The summed E-state index contributed by atoms with van der Waals surface area (Å²) in [7, 11) is 1.61. The lowest BCUT2D eigenvalue weighted by molar-refractivity contribution is -0.148. The predicted molar refractivity (Wildman–Crippen MR) is 105 cm³/mol. The summed E-state index contributed by atoms with van der Waals surface area (Å²) in [5.41, 5.74) is 2.07. The monoisotopic (exact) mass is 369 g/mol. The van der Waals surface area contributed by atoms with Crippen molar-refractivity contribution >= 4 is 11.9 Å². The smallest absolute Gasteiger partial charge is 0.306 e. The van der Waals surface area contributed by atoms with E-state index in [0.717, 1.165) is 29.7 Å². The number of nitrogens with one attached hydrogen (secondary N) is 1. The highest BCUT2D eigenvalue weighted by molar-refractivity contribution is 5.80. The Morgan fingerprint density at radius 2 is 1.74 bits per heavy atom. The largest absolute Gasteiger partial charge is 0.497 e. The van der Waals surface area contributed by atoms with Crippen molar-refractivity contribution in [2.45, 2.75) is 38.6 Å². The van der Waals surface area contributed by atoms with Gasteiger partial charge in [-0.1, -0.05) is 55.8 Å². The first-order valence-electron chi connectivity index (χ1n) is 9.25. The van der Waals surface area contributed by atoms with Crippen molar-refractivity contribution in [1.29, 1.82) is 0 Å². The summed E-state index contributed by atoms with van der Waals surface area (Å²) in [5.74, 6) is 0.112. The van der Waals surface area contributed by atoms with Gasteiger partial charge >= 0.3 is 5.97 Å². The number of carbonyl (C=O) groups is 2. The number of ether oxygens (including phenoxy) is 2. The normalized spacial score (nSPS) is 11.5. The summed E-state index contributed by atoms with van der Waals surface area (Å²) in [5, 5.41) is 2.95. The Bertz CT molecular complexity index is 713. The maximum absolute atomic E-state index is 12.1. The number of esters is 1. The zero-order valence-electron chi connectivity index (χ0n) is 15.9. The standard InChI is InChI=1S/C22H27NO4/c1-3-7-20(18-8-5-4-6-9-18)23-21(24)16-27-22(25)15-12-17-10-13-19(26-2)14-11-17/h4-6,8-11,13-14,20H,3,7,12,15-16H2,1-2H3,(H,23,24)/t20-/m1/s1. The minimum atomic E-state index is -0.382. The van der Waals surface area contributed by atoms with Gasteiger partial charge in [0, 0.05) is 6.42 Å².